The van der Waals surface area contributed by atoms with Crippen molar-refractivity contribution < 1.29 is 24.2 Å². The Morgan fingerprint density at radius 1 is 1.06 bits per heavy atom. The van der Waals surface area contributed by atoms with Crippen LogP contribution in [-0.2, 0) is 27.5 Å². The number of nitrogens with one attached hydrogen (secondary N) is 1. The van der Waals surface area contributed by atoms with Crippen molar-refractivity contribution in [3.8, 4) is 0 Å². The molecule has 0 aliphatic carbocycles. The molecule has 1 heterocycles. The average Bonchev–Trinajstić information content (AvgIpc) is 3.19. The van der Waals surface area contributed by atoms with Gasteiger partial charge in [-0.15, -0.1) is 5.10 Å². The number of carbonyl (C=O) groups is 3. The van der Waals surface area contributed by atoms with Crippen molar-refractivity contribution in [3.63, 3.8) is 0 Å². The molecule has 1 unspecified atom stereocenters. The van der Waals surface area contributed by atoms with Gasteiger partial charge in [0.1, 0.15) is 19.2 Å². The van der Waals surface area contributed by atoms with Crippen molar-refractivity contribution in [2.24, 2.45) is 0 Å². The van der Waals surface area contributed by atoms with Crippen LogP contribution in [0.25, 0.3) is 0 Å². The molecule has 2 N–H and O–H groups in total. The van der Waals surface area contributed by atoms with Gasteiger partial charge in [0.2, 0.25) is 5.16 Å². The van der Waals surface area contributed by atoms with Crippen molar-refractivity contribution >= 4 is 29.6 Å². The van der Waals surface area contributed by atoms with Crippen LogP contribution in [-0.4, -0.2) is 49.2 Å². The maximum atomic E-state index is 12.7. The highest BCUT2D eigenvalue weighted by Gasteiger charge is 2.26. The summed E-state index contributed by atoms with van der Waals surface area (Å²) in [4.78, 5) is 36.9. The fourth-order valence-corrected chi connectivity index (χ4v) is 3.34. The summed E-state index contributed by atoms with van der Waals surface area (Å²) in [5.41, 5.74) is 0.759. The minimum absolute atomic E-state index is 0.00842. The Hall–Kier alpha value is -3.73. The SMILES string of the molecule is O=C(O)CC(NC(=O)OCc1ccccc1)C(=O)Cn1nnnc1Sc1ccccc1. The molecule has 3 rings (SSSR count). The van der Waals surface area contributed by atoms with Gasteiger partial charge in [-0.05, 0) is 39.9 Å². The third-order valence-electron chi connectivity index (χ3n) is 4.03. The third-order valence-corrected chi connectivity index (χ3v) is 5.01. The van der Waals surface area contributed by atoms with E-state index in [1.54, 1.807) is 24.3 Å². The average molecular weight is 441 g/mol. The molecule has 1 amide bonds. The van der Waals surface area contributed by atoms with E-state index in [4.69, 9.17) is 9.84 Å². The number of amides is 1. The number of rotatable bonds is 10. The quantitative estimate of drug-likeness (QED) is 0.485. The summed E-state index contributed by atoms with van der Waals surface area (Å²) < 4.78 is 6.34. The topological polar surface area (TPSA) is 136 Å². The van der Waals surface area contributed by atoms with Gasteiger partial charge < -0.3 is 15.2 Å². The van der Waals surface area contributed by atoms with E-state index in [-0.39, 0.29) is 13.2 Å². The Kier molecular flexibility index (Phi) is 7.71. The summed E-state index contributed by atoms with van der Waals surface area (Å²) in [5, 5.41) is 23.1. The molecule has 1 aromatic heterocycles. The lowest BCUT2D eigenvalue weighted by molar-refractivity contribution is -0.139. The number of hydrogen-bond acceptors (Lipinski definition) is 8. The summed E-state index contributed by atoms with van der Waals surface area (Å²) in [5.74, 6) is -1.81. The Morgan fingerprint density at radius 2 is 1.74 bits per heavy atom. The lowest BCUT2D eigenvalue weighted by Gasteiger charge is -2.16. The summed E-state index contributed by atoms with van der Waals surface area (Å²) in [6.07, 6.45) is -1.48. The van der Waals surface area contributed by atoms with Crippen molar-refractivity contribution in [3.05, 3.63) is 66.2 Å². The molecular weight excluding hydrogens is 422 g/mol. The smallest absolute Gasteiger partial charge is 0.408 e. The van der Waals surface area contributed by atoms with Crippen molar-refractivity contribution in [1.82, 2.24) is 25.5 Å². The molecule has 0 aliphatic rings. The van der Waals surface area contributed by atoms with Crippen LogP contribution in [0.1, 0.15) is 12.0 Å². The second-order valence-corrected chi connectivity index (χ2v) is 7.40. The van der Waals surface area contributed by atoms with Gasteiger partial charge in [-0.3, -0.25) is 9.59 Å². The second kappa shape index (κ2) is 10.9. The maximum Gasteiger partial charge on any atom is 0.408 e. The summed E-state index contributed by atoms with van der Waals surface area (Å²) >= 11 is 1.25. The van der Waals surface area contributed by atoms with E-state index in [0.29, 0.717) is 5.16 Å². The predicted octanol–water partition coefficient (Wildman–Crippen LogP) is 2.16. The standard InChI is InChI=1S/C20H19N5O5S/c26-17(12-25-19(22-23-24-25)31-15-9-5-2-6-10-15)16(11-18(27)28)21-20(29)30-13-14-7-3-1-4-8-14/h1-10,16H,11-13H2,(H,21,29)(H,27,28). The number of carbonyl (C=O) groups excluding carboxylic acids is 2. The summed E-state index contributed by atoms with van der Waals surface area (Å²) in [6, 6.07) is 17.0. The highest BCUT2D eigenvalue weighted by Crippen LogP contribution is 2.24. The number of ether oxygens (including phenoxy) is 1. The number of Topliss-reactive ketones (excluding diaryl/α,β-unsaturated/α-hetero) is 1. The van der Waals surface area contributed by atoms with Gasteiger partial charge in [0.05, 0.1) is 6.42 Å². The molecule has 10 nitrogen and oxygen atoms in total. The van der Waals surface area contributed by atoms with E-state index in [1.807, 2.05) is 36.4 Å². The highest BCUT2D eigenvalue weighted by molar-refractivity contribution is 7.99. The van der Waals surface area contributed by atoms with Crippen LogP contribution in [0.3, 0.4) is 0 Å². The number of alkyl carbamates (subject to hydrolysis) is 1. The minimum atomic E-state index is -1.29. The largest absolute Gasteiger partial charge is 0.481 e. The molecule has 0 fully saturated rings. The Labute approximate surface area is 181 Å². The number of carboxylic acid groups (broad SMARTS) is 1. The number of aromatic nitrogens is 4. The number of tetrazole rings is 1. The van der Waals surface area contributed by atoms with E-state index in [9.17, 15) is 14.4 Å². The molecule has 31 heavy (non-hydrogen) atoms. The Morgan fingerprint density at radius 3 is 2.42 bits per heavy atom. The molecule has 0 saturated heterocycles. The molecule has 160 valence electrons. The van der Waals surface area contributed by atoms with Gasteiger partial charge in [0.25, 0.3) is 0 Å². The zero-order valence-corrected chi connectivity index (χ0v) is 17.1. The molecule has 1 atom stereocenters. The number of hydrogen-bond donors (Lipinski definition) is 2. The summed E-state index contributed by atoms with van der Waals surface area (Å²) in [7, 11) is 0. The number of benzene rings is 2. The van der Waals surface area contributed by atoms with Gasteiger partial charge in [-0.1, -0.05) is 48.5 Å². The normalized spacial score (nSPS) is 11.5. The summed E-state index contributed by atoms with van der Waals surface area (Å²) in [6.45, 7) is -0.315. The zero-order chi connectivity index (χ0) is 22.1. The number of aliphatic carboxylic acids is 1. The van der Waals surface area contributed by atoms with Gasteiger partial charge in [-0.2, -0.15) is 0 Å². The third kappa shape index (κ3) is 6.93. The lowest BCUT2D eigenvalue weighted by atomic mass is 10.1. The molecule has 0 bridgehead atoms. The number of nitrogens with zero attached hydrogens (tertiary/aromatic N) is 4. The minimum Gasteiger partial charge on any atom is -0.481 e. The molecule has 0 radical (unpaired) electrons. The highest BCUT2D eigenvalue weighted by atomic mass is 32.2. The first-order valence-electron chi connectivity index (χ1n) is 9.22. The van der Waals surface area contributed by atoms with Crippen LogP contribution in [0.15, 0.2) is 70.7 Å². The first-order chi connectivity index (χ1) is 15.0. The van der Waals surface area contributed by atoms with Crippen LogP contribution in [0.5, 0.6) is 0 Å². The van der Waals surface area contributed by atoms with Crippen LogP contribution in [0.4, 0.5) is 4.79 Å². The predicted molar refractivity (Wildman–Crippen MR) is 109 cm³/mol. The van der Waals surface area contributed by atoms with Crippen LogP contribution in [0, 0.1) is 0 Å². The van der Waals surface area contributed by atoms with Crippen LogP contribution in [0.2, 0.25) is 0 Å². The van der Waals surface area contributed by atoms with Crippen LogP contribution >= 0.6 is 11.8 Å². The Bertz CT molecular complexity index is 1030. The zero-order valence-electron chi connectivity index (χ0n) is 16.2. The Balaban J connectivity index is 1.61. The fraction of sp³-hybridized carbons (Fsp3) is 0.200. The van der Waals surface area contributed by atoms with Crippen molar-refractivity contribution in [1.29, 1.82) is 0 Å². The fourth-order valence-electron chi connectivity index (χ4n) is 2.55. The van der Waals surface area contributed by atoms with E-state index in [1.165, 1.54) is 16.4 Å². The number of ketones is 1. The van der Waals surface area contributed by atoms with E-state index in [2.05, 4.69) is 20.8 Å². The monoisotopic (exact) mass is 441 g/mol. The van der Waals surface area contributed by atoms with Crippen molar-refractivity contribution in [2.45, 2.75) is 35.7 Å². The first-order valence-corrected chi connectivity index (χ1v) is 10.0. The first kappa shape index (κ1) is 22.0. The van der Waals surface area contributed by atoms with E-state index >= 15 is 0 Å². The van der Waals surface area contributed by atoms with E-state index in [0.717, 1.165) is 10.5 Å². The molecule has 2 aromatic carbocycles. The molecular formula is C20H19N5O5S. The molecule has 11 heteroatoms. The lowest BCUT2D eigenvalue weighted by Crippen LogP contribution is -2.44. The maximum absolute atomic E-state index is 12.7. The van der Waals surface area contributed by atoms with Crippen molar-refractivity contribution in [2.75, 3.05) is 0 Å². The van der Waals surface area contributed by atoms with Crippen LogP contribution < -0.4 is 5.32 Å². The van der Waals surface area contributed by atoms with E-state index < -0.39 is 30.3 Å². The second-order valence-electron chi connectivity index (χ2n) is 6.36. The van der Waals surface area contributed by atoms with Gasteiger partial charge >= 0.3 is 12.1 Å². The molecule has 0 spiro atoms. The molecule has 0 saturated carbocycles. The van der Waals surface area contributed by atoms with Gasteiger partial charge in [0, 0.05) is 4.90 Å². The molecule has 0 aliphatic heterocycles. The molecule has 3 aromatic rings. The van der Waals surface area contributed by atoms with Gasteiger partial charge in [0.15, 0.2) is 5.78 Å². The van der Waals surface area contributed by atoms with Gasteiger partial charge in [-0.25, -0.2) is 9.48 Å². The number of carboxylic acids is 1.